The molecule has 0 radical (unpaired) electrons. The van der Waals surface area contributed by atoms with Gasteiger partial charge in [-0.05, 0) is 39.3 Å². The molecule has 0 aromatic carbocycles. The minimum atomic E-state index is -0.933. The van der Waals surface area contributed by atoms with Crippen molar-refractivity contribution in [1.82, 2.24) is 5.32 Å². The van der Waals surface area contributed by atoms with Gasteiger partial charge < -0.3 is 27.0 Å². The number of hydrogen-bond donors (Lipinski definition) is 5. The van der Waals surface area contributed by atoms with Gasteiger partial charge in [0, 0.05) is 0 Å². The van der Waals surface area contributed by atoms with Crippen LogP contribution in [0, 0.1) is 0 Å². The molecule has 0 rings (SSSR count). The first-order valence-corrected chi connectivity index (χ1v) is 13.0. The lowest BCUT2D eigenvalue weighted by Gasteiger charge is -2.08. The molecule has 32 heavy (non-hydrogen) atoms. The quantitative estimate of drug-likeness (QED) is 0.143. The predicted octanol–water partition coefficient (Wildman–Crippen LogP) is 5.06. The number of aliphatic carboxylic acids is 2. The van der Waals surface area contributed by atoms with Crippen LogP contribution >= 0.6 is 0 Å². The van der Waals surface area contributed by atoms with E-state index in [0.717, 1.165) is 25.8 Å². The van der Waals surface area contributed by atoms with E-state index in [2.05, 4.69) is 12.2 Å². The summed E-state index contributed by atoms with van der Waals surface area (Å²) in [6, 6.07) is -1.13. The van der Waals surface area contributed by atoms with E-state index in [1.807, 2.05) is 0 Å². The van der Waals surface area contributed by atoms with Gasteiger partial charge in [0.15, 0.2) is 0 Å². The normalized spacial score (nSPS) is 12.6. The number of rotatable bonds is 22. The molecule has 0 saturated heterocycles. The van der Waals surface area contributed by atoms with Crippen LogP contribution in [0.25, 0.3) is 0 Å². The van der Waals surface area contributed by atoms with Gasteiger partial charge in [-0.2, -0.15) is 0 Å². The monoisotopic (exact) mass is 459 g/mol. The topological polar surface area (TPSA) is 139 Å². The van der Waals surface area contributed by atoms with Crippen molar-refractivity contribution in [2.24, 2.45) is 11.5 Å². The van der Waals surface area contributed by atoms with Crippen molar-refractivity contribution in [3.8, 4) is 0 Å². The SMILES string of the molecule is CCCCCCCCCCCCCCCCNC(C)C(=O)O.NCCCC[C@H](N)C(=O)O. The number of carboxylic acids is 2. The van der Waals surface area contributed by atoms with E-state index in [-0.39, 0.29) is 0 Å². The summed E-state index contributed by atoms with van der Waals surface area (Å²) in [5, 5.41) is 20.1. The molecule has 7 heteroatoms. The number of nitrogens with two attached hydrogens (primary N) is 2. The van der Waals surface area contributed by atoms with Gasteiger partial charge in [0.1, 0.15) is 12.1 Å². The molecule has 0 amide bonds. The predicted molar refractivity (Wildman–Crippen MR) is 134 cm³/mol. The highest BCUT2D eigenvalue weighted by Crippen LogP contribution is 2.12. The fourth-order valence-electron chi connectivity index (χ4n) is 3.36. The Hall–Kier alpha value is -1.18. The Balaban J connectivity index is 0. The summed E-state index contributed by atoms with van der Waals surface area (Å²) in [5.41, 5.74) is 10.4. The minimum Gasteiger partial charge on any atom is -0.480 e. The third-order valence-electron chi connectivity index (χ3n) is 5.64. The van der Waals surface area contributed by atoms with Crippen molar-refractivity contribution in [1.29, 1.82) is 0 Å². The molecular formula is C25H53N3O4. The molecule has 7 nitrogen and oxygen atoms in total. The molecule has 0 fully saturated rings. The maximum Gasteiger partial charge on any atom is 0.320 e. The summed E-state index contributed by atoms with van der Waals surface area (Å²) in [7, 11) is 0. The van der Waals surface area contributed by atoms with E-state index in [1.165, 1.54) is 83.5 Å². The maximum absolute atomic E-state index is 10.6. The summed E-state index contributed by atoms with van der Waals surface area (Å²) < 4.78 is 0. The Bertz CT molecular complexity index is 422. The molecule has 0 bridgehead atoms. The number of carbonyl (C=O) groups is 2. The molecule has 2 atom stereocenters. The zero-order chi connectivity index (χ0) is 24.5. The highest BCUT2D eigenvalue weighted by atomic mass is 16.4. The van der Waals surface area contributed by atoms with Gasteiger partial charge in [0.05, 0.1) is 0 Å². The van der Waals surface area contributed by atoms with E-state index in [4.69, 9.17) is 21.7 Å². The smallest absolute Gasteiger partial charge is 0.320 e. The highest BCUT2D eigenvalue weighted by molar-refractivity contribution is 5.73. The summed E-state index contributed by atoms with van der Waals surface area (Å²) in [4.78, 5) is 20.8. The average Bonchev–Trinajstić information content (AvgIpc) is 2.76. The van der Waals surface area contributed by atoms with Crippen LogP contribution in [0.5, 0.6) is 0 Å². The standard InChI is InChI=1S/C19H39NO2.C6H14N2O2/c1-3-4-5-6-7-8-9-10-11-12-13-14-15-16-17-20-18(2)19(21)22;7-4-2-1-3-5(8)6(9)10/h18,20H,3-17H2,1-2H3,(H,21,22);5H,1-4,7-8H2,(H,9,10)/t;5-/m.0/s1. The summed E-state index contributed by atoms with van der Waals surface area (Å²) in [5.74, 6) is -1.69. The fraction of sp³-hybridized carbons (Fsp3) is 0.920. The van der Waals surface area contributed by atoms with Crippen molar-refractivity contribution in [3.63, 3.8) is 0 Å². The van der Waals surface area contributed by atoms with Crippen molar-refractivity contribution in [3.05, 3.63) is 0 Å². The van der Waals surface area contributed by atoms with Gasteiger partial charge in [-0.1, -0.05) is 96.8 Å². The van der Waals surface area contributed by atoms with Gasteiger partial charge in [-0.3, -0.25) is 9.59 Å². The van der Waals surface area contributed by atoms with Crippen molar-refractivity contribution < 1.29 is 19.8 Å². The zero-order valence-electron chi connectivity index (χ0n) is 21.0. The molecule has 1 unspecified atom stereocenters. The van der Waals surface area contributed by atoms with Gasteiger partial charge in [0.2, 0.25) is 0 Å². The molecule has 0 aliphatic heterocycles. The van der Waals surface area contributed by atoms with E-state index in [0.29, 0.717) is 13.0 Å². The van der Waals surface area contributed by atoms with Crippen LogP contribution in [-0.4, -0.2) is 47.3 Å². The molecule has 0 aliphatic rings. The molecule has 0 aromatic rings. The van der Waals surface area contributed by atoms with Crippen LogP contribution in [0.1, 0.15) is 123 Å². The summed E-state index contributed by atoms with van der Waals surface area (Å²) in [6.45, 7) is 5.40. The van der Waals surface area contributed by atoms with E-state index < -0.39 is 24.0 Å². The Labute approximate surface area is 197 Å². The number of nitrogens with one attached hydrogen (secondary N) is 1. The van der Waals surface area contributed by atoms with Crippen LogP contribution < -0.4 is 16.8 Å². The van der Waals surface area contributed by atoms with Crippen LogP contribution in [-0.2, 0) is 9.59 Å². The first kappa shape index (κ1) is 33.0. The van der Waals surface area contributed by atoms with Crippen LogP contribution in [0.2, 0.25) is 0 Å². The summed E-state index contributed by atoms with van der Waals surface area (Å²) >= 11 is 0. The molecule has 0 spiro atoms. The third-order valence-corrected chi connectivity index (χ3v) is 5.64. The Kier molecular flexibility index (Phi) is 26.9. The van der Waals surface area contributed by atoms with E-state index in [1.54, 1.807) is 6.92 Å². The van der Waals surface area contributed by atoms with E-state index >= 15 is 0 Å². The highest BCUT2D eigenvalue weighted by Gasteiger charge is 2.09. The minimum absolute atomic E-state index is 0.415. The molecule has 0 aliphatic carbocycles. The lowest BCUT2D eigenvalue weighted by molar-refractivity contribution is -0.139. The van der Waals surface area contributed by atoms with E-state index in [9.17, 15) is 9.59 Å². The number of carboxylic acid groups (broad SMARTS) is 2. The second kappa shape index (κ2) is 26.1. The molecule has 0 saturated carbocycles. The number of unbranched alkanes of at least 4 members (excludes halogenated alkanes) is 14. The Morgan fingerprint density at radius 1 is 0.719 bits per heavy atom. The lowest BCUT2D eigenvalue weighted by atomic mass is 10.0. The second-order valence-electron chi connectivity index (χ2n) is 8.84. The molecule has 192 valence electrons. The van der Waals surface area contributed by atoms with Crippen molar-refractivity contribution in [2.45, 2.75) is 135 Å². The van der Waals surface area contributed by atoms with Gasteiger partial charge in [0.25, 0.3) is 0 Å². The Morgan fingerprint density at radius 3 is 1.53 bits per heavy atom. The Morgan fingerprint density at radius 2 is 1.16 bits per heavy atom. The van der Waals surface area contributed by atoms with Crippen LogP contribution in [0.15, 0.2) is 0 Å². The summed E-state index contributed by atoms with van der Waals surface area (Å²) in [6.07, 6.45) is 21.2. The molecule has 0 aromatic heterocycles. The first-order chi connectivity index (χ1) is 15.4. The third kappa shape index (κ3) is 26.9. The molecular weight excluding hydrogens is 406 g/mol. The van der Waals surface area contributed by atoms with Crippen LogP contribution in [0.3, 0.4) is 0 Å². The van der Waals surface area contributed by atoms with Crippen molar-refractivity contribution in [2.75, 3.05) is 13.1 Å². The lowest BCUT2D eigenvalue weighted by Crippen LogP contribution is -2.34. The first-order valence-electron chi connectivity index (χ1n) is 13.0. The number of hydrogen-bond acceptors (Lipinski definition) is 5. The second-order valence-corrected chi connectivity index (χ2v) is 8.84. The molecule has 0 heterocycles. The van der Waals surface area contributed by atoms with Gasteiger partial charge >= 0.3 is 11.9 Å². The fourth-order valence-corrected chi connectivity index (χ4v) is 3.36. The average molecular weight is 460 g/mol. The zero-order valence-corrected chi connectivity index (χ0v) is 21.0. The van der Waals surface area contributed by atoms with Gasteiger partial charge in [-0.25, -0.2) is 0 Å². The largest absolute Gasteiger partial charge is 0.480 e. The van der Waals surface area contributed by atoms with Crippen molar-refractivity contribution >= 4 is 11.9 Å². The van der Waals surface area contributed by atoms with Crippen LogP contribution in [0.4, 0.5) is 0 Å². The maximum atomic E-state index is 10.6. The van der Waals surface area contributed by atoms with Gasteiger partial charge in [-0.15, -0.1) is 0 Å². The molecule has 7 N–H and O–H groups in total.